The van der Waals surface area contributed by atoms with Crippen LogP contribution in [-0.2, 0) is 30.9 Å². The molecule has 0 bridgehead atoms. The van der Waals surface area contributed by atoms with E-state index in [0.29, 0.717) is 33.6 Å². The van der Waals surface area contributed by atoms with Crippen LogP contribution in [0.2, 0.25) is 0 Å². The van der Waals surface area contributed by atoms with Crippen LogP contribution in [0.5, 0.6) is 0 Å². The summed E-state index contributed by atoms with van der Waals surface area (Å²) >= 11 is 0. The number of aromatic nitrogens is 2. The number of pyridine rings is 2. The van der Waals surface area contributed by atoms with Gasteiger partial charge >= 0.3 is 0 Å². The van der Waals surface area contributed by atoms with E-state index >= 15 is 0 Å². The first kappa shape index (κ1) is 32.7. The van der Waals surface area contributed by atoms with Crippen LogP contribution in [0.1, 0.15) is 81.7 Å². The molecule has 0 aliphatic heterocycles. The van der Waals surface area contributed by atoms with Crippen molar-refractivity contribution in [3.8, 4) is 55.9 Å². The van der Waals surface area contributed by atoms with Crippen LogP contribution in [0, 0.1) is 38.1 Å². The summed E-state index contributed by atoms with van der Waals surface area (Å²) in [5.41, 5.74) is 9.78. The molecule has 0 amide bonds. The molecule has 0 spiro atoms. The number of hydrogen-bond donors (Lipinski definition) is 0. The van der Waals surface area contributed by atoms with Gasteiger partial charge in [0.05, 0.1) is 5.58 Å². The van der Waals surface area contributed by atoms with E-state index in [2.05, 4.69) is 94.0 Å². The van der Waals surface area contributed by atoms with Gasteiger partial charge in [0.2, 0.25) is 0 Å². The summed E-state index contributed by atoms with van der Waals surface area (Å²) in [5.74, 6) is 0. The SMILES string of the molecule is [2H]C([2H])([2H])c1ccc(-c2[c-]cccc2)nc1.[2H]C([2H])([2H])c1cnc(-c2[c-]ccc3c2oc2cc(-c4ccccc4)ccc23)cc1-c1cc2c(cc1C([2H])([2H])[2H])-c1ccccc1C(C)(C)C(C)(C)C2(C)C.[Ir]. The Morgan fingerprint density at radius 3 is 2.02 bits per heavy atom. The Morgan fingerprint density at radius 2 is 1.27 bits per heavy atom. The number of fused-ring (bicyclic) bond motifs is 6. The Hall–Kier alpha value is -5.93. The molecule has 1 aliphatic carbocycles. The van der Waals surface area contributed by atoms with Crippen molar-refractivity contribution in [1.29, 1.82) is 0 Å². The summed E-state index contributed by atoms with van der Waals surface area (Å²) in [6.45, 7) is 6.23. The molecule has 0 fully saturated rings. The fourth-order valence-corrected chi connectivity index (χ4v) is 8.94. The van der Waals surface area contributed by atoms with Gasteiger partial charge in [0.25, 0.3) is 0 Å². The number of nitrogens with zero attached hydrogens (tertiary/aromatic N) is 2. The smallest absolute Gasteiger partial charge is 0.121 e. The zero-order chi connectivity index (χ0) is 50.2. The molecule has 62 heavy (non-hydrogen) atoms. The van der Waals surface area contributed by atoms with Crippen LogP contribution in [0.25, 0.3) is 77.8 Å². The molecule has 0 saturated heterocycles. The van der Waals surface area contributed by atoms with E-state index in [1.165, 1.54) is 12.4 Å². The number of furan rings is 1. The van der Waals surface area contributed by atoms with Gasteiger partial charge in [-0.2, -0.15) is 0 Å². The molecule has 3 heterocycles. The van der Waals surface area contributed by atoms with Crippen LogP contribution < -0.4 is 0 Å². The third-order valence-corrected chi connectivity index (χ3v) is 13.6. The summed E-state index contributed by atoms with van der Waals surface area (Å²) in [5, 5.41) is 1.81. The monoisotopic (exact) mass is 994 g/mol. The molecule has 0 atom stereocenters. The van der Waals surface area contributed by atoms with Crippen molar-refractivity contribution in [1.82, 2.24) is 9.97 Å². The Kier molecular flexibility index (Phi) is 8.66. The molecule has 1 radical (unpaired) electrons. The molecule has 3 nitrogen and oxygen atoms in total. The van der Waals surface area contributed by atoms with Crippen molar-refractivity contribution >= 4 is 21.9 Å². The molecule has 4 heteroatoms. The molecule has 6 aromatic carbocycles. The molecule has 9 aromatic rings. The topological polar surface area (TPSA) is 38.9 Å². The molecular weight excluding hydrogens is 933 g/mol. The third kappa shape index (κ3) is 7.24. The maximum absolute atomic E-state index is 8.82. The molecular formula is C58H52IrN2O-2. The zero-order valence-corrected chi connectivity index (χ0v) is 38.0. The predicted molar refractivity (Wildman–Crippen MR) is 255 cm³/mol. The largest absolute Gasteiger partial charge is 0.501 e. The minimum atomic E-state index is -2.58. The predicted octanol–water partition coefficient (Wildman–Crippen LogP) is 15.5. The summed E-state index contributed by atoms with van der Waals surface area (Å²) in [7, 11) is 0. The van der Waals surface area contributed by atoms with Crippen molar-refractivity contribution in [2.45, 2.75) is 72.9 Å². The van der Waals surface area contributed by atoms with E-state index < -0.39 is 26.0 Å². The summed E-state index contributed by atoms with van der Waals surface area (Å²) in [6, 6.07) is 50.8. The number of benzene rings is 6. The minimum absolute atomic E-state index is 0. The van der Waals surface area contributed by atoms with Gasteiger partial charge in [0.1, 0.15) is 5.58 Å². The van der Waals surface area contributed by atoms with E-state index in [0.717, 1.165) is 55.4 Å². The van der Waals surface area contributed by atoms with Crippen LogP contribution in [0.15, 0.2) is 156 Å². The summed E-state index contributed by atoms with van der Waals surface area (Å²) in [6.07, 6.45) is 2.76. The summed E-state index contributed by atoms with van der Waals surface area (Å²) < 4.78 is 80.5. The Morgan fingerprint density at radius 1 is 0.532 bits per heavy atom. The van der Waals surface area contributed by atoms with Gasteiger partial charge in [0, 0.05) is 50.2 Å². The maximum Gasteiger partial charge on any atom is 0.121 e. The first-order valence-corrected chi connectivity index (χ1v) is 20.6. The van der Waals surface area contributed by atoms with Crippen molar-refractivity contribution in [3.63, 3.8) is 0 Å². The maximum atomic E-state index is 8.82. The first-order valence-electron chi connectivity index (χ1n) is 25.1. The van der Waals surface area contributed by atoms with Crippen molar-refractivity contribution in [2.24, 2.45) is 5.41 Å². The number of hydrogen-bond acceptors (Lipinski definition) is 3. The fourth-order valence-electron chi connectivity index (χ4n) is 8.94. The van der Waals surface area contributed by atoms with Crippen LogP contribution in [-0.4, -0.2) is 9.97 Å². The van der Waals surface area contributed by atoms with Crippen LogP contribution in [0.3, 0.4) is 0 Å². The third-order valence-electron chi connectivity index (χ3n) is 13.6. The fraction of sp³-hybridized carbons (Fsp3) is 0.207. The first-order chi connectivity index (χ1) is 32.9. The van der Waals surface area contributed by atoms with Crippen LogP contribution in [0.4, 0.5) is 0 Å². The molecule has 0 unspecified atom stereocenters. The zero-order valence-electron chi connectivity index (χ0n) is 44.6. The van der Waals surface area contributed by atoms with Gasteiger partial charge in [-0.3, -0.25) is 0 Å². The van der Waals surface area contributed by atoms with E-state index in [4.69, 9.17) is 16.8 Å². The molecule has 10 rings (SSSR count). The van der Waals surface area contributed by atoms with Crippen molar-refractivity contribution in [2.75, 3.05) is 0 Å². The van der Waals surface area contributed by atoms with E-state index in [-0.39, 0.29) is 47.6 Å². The van der Waals surface area contributed by atoms with Gasteiger partial charge in [-0.15, -0.1) is 54.1 Å². The number of rotatable bonds is 4. The van der Waals surface area contributed by atoms with Gasteiger partial charge in [-0.1, -0.05) is 143 Å². The molecule has 1 aliphatic rings. The average Bonchev–Trinajstić information content (AvgIpc) is 3.70. The van der Waals surface area contributed by atoms with E-state index in [1.807, 2.05) is 78.9 Å². The Balaban J connectivity index is 0.000000338. The molecule has 3 aromatic heterocycles. The normalized spacial score (nSPS) is 17.2. The molecule has 0 saturated carbocycles. The van der Waals surface area contributed by atoms with Crippen molar-refractivity contribution < 1.29 is 36.9 Å². The van der Waals surface area contributed by atoms with Gasteiger partial charge in [-0.05, 0) is 122 Å². The second-order valence-corrected chi connectivity index (χ2v) is 17.5. The van der Waals surface area contributed by atoms with E-state index in [1.54, 1.807) is 30.3 Å². The number of aryl methyl sites for hydroxylation is 3. The van der Waals surface area contributed by atoms with Gasteiger partial charge < -0.3 is 14.4 Å². The van der Waals surface area contributed by atoms with Crippen molar-refractivity contribution in [3.05, 3.63) is 192 Å². The Bertz CT molecular complexity index is 3410. The van der Waals surface area contributed by atoms with Gasteiger partial charge in [0.15, 0.2) is 0 Å². The molecule has 0 N–H and O–H groups in total. The second-order valence-electron chi connectivity index (χ2n) is 17.5. The minimum Gasteiger partial charge on any atom is -0.501 e. The quantitative estimate of drug-likeness (QED) is 0.165. The Labute approximate surface area is 393 Å². The average molecular weight is 994 g/mol. The summed E-state index contributed by atoms with van der Waals surface area (Å²) in [4.78, 5) is 8.81. The van der Waals surface area contributed by atoms with E-state index in [9.17, 15) is 0 Å². The second kappa shape index (κ2) is 16.4. The molecule has 311 valence electrons. The van der Waals surface area contributed by atoms with Gasteiger partial charge in [-0.25, -0.2) is 0 Å². The standard InChI is InChI=1S/C46H42NO.C12H10N.Ir/c1-28-23-38-32-17-12-13-20-39(32)44(3,4)46(7,8)45(5,6)40(38)25-36(28)37-26-41(47-27-29(37)2)35-19-14-18-34-33-22-21-31(24-42(33)48-43(34)35)30-15-10-9-11-16-30;1-10-7-8-12(13-9-10)11-5-3-2-4-6-11;/h9-18,20-27H,1-8H3;2-5,7-9H,1H3;/q2*-1;/i1D3,2D3;1D3;. The van der Waals surface area contributed by atoms with Crippen LogP contribution >= 0.6 is 0 Å².